The first-order chi connectivity index (χ1) is 17.0. The van der Waals surface area contributed by atoms with Gasteiger partial charge in [-0.15, -0.1) is 11.8 Å². The van der Waals surface area contributed by atoms with E-state index >= 15 is 0 Å². The average molecular weight is 495 g/mol. The van der Waals surface area contributed by atoms with Crippen LogP contribution in [0, 0.1) is 0 Å². The normalized spacial score (nSPS) is 18.2. The van der Waals surface area contributed by atoms with Crippen molar-refractivity contribution >= 4 is 46.2 Å². The second kappa shape index (κ2) is 10.1. The Bertz CT molecular complexity index is 1270. The van der Waals surface area contributed by atoms with E-state index < -0.39 is 6.09 Å². The molecule has 35 heavy (non-hydrogen) atoms. The molecular formula is C24H26N6O4S. The van der Waals surface area contributed by atoms with Crippen LogP contribution in [0.5, 0.6) is 5.88 Å². The highest BCUT2D eigenvalue weighted by atomic mass is 32.2. The van der Waals surface area contributed by atoms with E-state index in [4.69, 9.17) is 15.2 Å². The van der Waals surface area contributed by atoms with Crippen molar-refractivity contribution in [3.8, 4) is 5.88 Å². The van der Waals surface area contributed by atoms with Gasteiger partial charge in [0.2, 0.25) is 11.8 Å². The van der Waals surface area contributed by atoms with E-state index in [-0.39, 0.29) is 18.1 Å². The number of carbonyl (C=O) groups excluding carboxylic acids is 2. The highest BCUT2D eigenvalue weighted by Crippen LogP contribution is 2.35. The fraction of sp³-hybridized carbons (Fsp3) is 0.333. The van der Waals surface area contributed by atoms with Gasteiger partial charge in [-0.1, -0.05) is 0 Å². The Morgan fingerprint density at radius 2 is 2.20 bits per heavy atom. The van der Waals surface area contributed by atoms with E-state index in [0.29, 0.717) is 43.4 Å². The first-order valence-electron chi connectivity index (χ1n) is 11.3. The molecule has 0 spiro atoms. The number of aromatic nitrogens is 2. The molecule has 11 heteroatoms. The minimum atomic E-state index is -0.404. The number of hydrogen-bond donors (Lipinski definition) is 3. The zero-order chi connectivity index (χ0) is 24.4. The van der Waals surface area contributed by atoms with Crippen LogP contribution in [0.1, 0.15) is 5.56 Å². The van der Waals surface area contributed by atoms with Gasteiger partial charge in [-0.3, -0.25) is 14.7 Å². The molecule has 1 aromatic carbocycles. The number of thioether (sulfide) groups is 1. The summed E-state index contributed by atoms with van der Waals surface area (Å²) in [6, 6.07) is 11.0. The van der Waals surface area contributed by atoms with Crippen molar-refractivity contribution < 1.29 is 19.1 Å². The van der Waals surface area contributed by atoms with E-state index in [1.165, 1.54) is 11.8 Å². The maximum absolute atomic E-state index is 12.5. The lowest BCUT2D eigenvalue weighted by Gasteiger charge is -2.20. The highest BCUT2D eigenvalue weighted by molar-refractivity contribution is 8.00. The molecule has 0 aliphatic carbocycles. The molecule has 0 radical (unpaired) electrons. The van der Waals surface area contributed by atoms with Crippen LogP contribution in [0.4, 0.5) is 16.2 Å². The molecule has 0 bridgehead atoms. The van der Waals surface area contributed by atoms with Crippen LogP contribution >= 0.6 is 11.8 Å². The van der Waals surface area contributed by atoms with Gasteiger partial charge < -0.3 is 25.8 Å². The molecule has 10 nitrogen and oxygen atoms in total. The molecule has 4 N–H and O–H groups in total. The van der Waals surface area contributed by atoms with Gasteiger partial charge in [0.25, 0.3) is 0 Å². The lowest BCUT2D eigenvalue weighted by atomic mass is 10.1. The predicted molar refractivity (Wildman–Crippen MR) is 134 cm³/mol. The number of ether oxygens (including phenoxy) is 2. The third kappa shape index (κ3) is 5.16. The number of rotatable bonds is 8. The number of nitrogens with one attached hydrogen (secondary N) is 2. The minimum Gasteiger partial charge on any atom is -0.481 e. The number of nitrogens with zero attached hydrogens (tertiary/aromatic N) is 3. The van der Waals surface area contributed by atoms with Gasteiger partial charge in [-0.05, 0) is 42.3 Å². The Morgan fingerprint density at radius 3 is 3.06 bits per heavy atom. The molecule has 2 amide bonds. The molecule has 4 heterocycles. The quantitative estimate of drug-likeness (QED) is 0.431. The van der Waals surface area contributed by atoms with E-state index in [1.807, 2.05) is 30.3 Å². The van der Waals surface area contributed by atoms with Crippen LogP contribution in [0.25, 0.3) is 11.0 Å². The molecule has 2 aliphatic rings. The zero-order valence-electron chi connectivity index (χ0n) is 19.2. The number of anilines is 2. The van der Waals surface area contributed by atoms with Crippen molar-refractivity contribution in [2.24, 2.45) is 5.73 Å². The zero-order valence-corrected chi connectivity index (χ0v) is 20.0. The van der Waals surface area contributed by atoms with Gasteiger partial charge in [-0.2, -0.15) is 0 Å². The lowest BCUT2D eigenvalue weighted by molar-refractivity contribution is -0.113. The summed E-state index contributed by atoms with van der Waals surface area (Å²) in [5.74, 6) is 0.888. The average Bonchev–Trinajstić information content (AvgIpc) is 3.23. The van der Waals surface area contributed by atoms with E-state index in [0.717, 1.165) is 27.2 Å². The van der Waals surface area contributed by atoms with E-state index in [1.54, 1.807) is 24.3 Å². The first-order valence-corrected chi connectivity index (χ1v) is 12.3. The summed E-state index contributed by atoms with van der Waals surface area (Å²) in [4.78, 5) is 35.6. The van der Waals surface area contributed by atoms with Crippen molar-refractivity contribution in [2.75, 3.05) is 42.7 Å². The highest BCUT2D eigenvalue weighted by Gasteiger charge is 2.32. The fourth-order valence-electron chi connectivity index (χ4n) is 4.20. The Kier molecular flexibility index (Phi) is 6.71. The second-order valence-corrected chi connectivity index (χ2v) is 9.46. The number of cyclic esters (lactones) is 1. The molecule has 1 unspecified atom stereocenters. The van der Waals surface area contributed by atoms with Crippen LogP contribution in [-0.4, -0.2) is 66.6 Å². The van der Waals surface area contributed by atoms with Gasteiger partial charge in [0.05, 0.1) is 36.1 Å². The Morgan fingerprint density at radius 1 is 1.31 bits per heavy atom. The van der Waals surface area contributed by atoms with Crippen molar-refractivity contribution in [2.45, 2.75) is 23.5 Å². The van der Waals surface area contributed by atoms with Gasteiger partial charge in [-0.25, -0.2) is 9.78 Å². The maximum Gasteiger partial charge on any atom is 0.414 e. The van der Waals surface area contributed by atoms with Crippen LogP contribution < -0.4 is 26.0 Å². The Labute approximate surface area is 206 Å². The largest absolute Gasteiger partial charge is 0.481 e. The molecule has 3 aromatic rings. The maximum atomic E-state index is 12.5. The predicted octanol–water partition coefficient (Wildman–Crippen LogP) is 2.17. The van der Waals surface area contributed by atoms with Crippen LogP contribution in [0.3, 0.4) is 0 Å². The summed E-state index contributed by atoms with van der Waals surface area (Å²) >= 11 is 1.48. The molecule has 1 fully saturated rings. The first kappa shape index (κ1) is 23.3. The molecule has 0 saturated carbocycles. The SMILES string of the molecule is COc1ccc2nccc(CC(N)CNC[C@@H]3CN(c4ccc5c(c4)NC(=O)CS5)C(=O)O3)c2n1. The second-order valence-electron chi connectivity index (χ2n) is 8.45. The molecule has 1 saturated heterocycles. The lowest BCUT2D eigenvalue weighted by Crippen LogP contribution is -2.40. The molecule has 2 aromatic heterocycles. The number of pyridine rings is 2. The number of nitrogens with two attached hydrogens (primary N) is 1. The van der Waals surface area contributed by atoms with Crippen molar-refractivity contribution in [3.05, 3.63) is 48.2 Å². The van der Waals surface area contributed by atoms with Crippen molar-refractivity contribution in [1.82, 2.24) is 15.3 Å². The van der Waals surface area contributed by atoms with Gasteiger partial charge in [0, 0.05) is 42.0 Å². The van der Waals surface area contributed by atoms with E-state index in [9.17, 15) is 9.59 Å². The van der Waals surface area contributed by atoms with Gasteiger partial charge in [0.1, 0.15) is 6.10 Å². The fourth-order valence-corrected chi connectivity index (χ4v) is 4.99. The molecule has 5 rings (SSSR count). The summed E-state index contributed by atoms with van der Waals surface area (Å²) in [7, 11) is 1.58. The minimum absolute atomic E-state index is 0.0447. The Hall–Kier alpha value is -3.41. The van der Waals surface area contributed by atoms with Gasteiger partial charge in [0.15, 0.2) is 0 Å². The monoisotopic (exact) mass is 494 g/mol. The third-order valence-electron chi connectivity index (χ3n) is 5.89. The molecule has 2 aliphatic heterocycles. The Balaban J connectivity index is 1.15. The van der Waals surface area contributed by atoms with Crippen LogP contribution in [0.2, 0.25) is 0 Å². The molecule has 182 valence electrons. The molecular weight excluding hydrogens is 468 g/mol. The van der Waals surface area contributed by atoms with Crippen molar-refractivity contribution in [1.29, 1.82) is 0 Å². The number of methoxy groups -OCH3 is 1. The third-order valence-corrected chi connectivity index (χ3v) is 6.97. The number of amides is 2. The summed E-state index contributed by atoms with van der Waals surface area (Å²) < 4.78 is 10.8. The number of hydrogen-bond acceptors (Lipinski definition) is 9. The summed E-state index contributed by atoms with van der Waals surface area (Å²) in [5.41, 5.74) is 10.4. The summed E-state index contributed by atoms with van der Waals surface area (Å²) in [5, 5.41) is 6.17. The standard InChI is InChI=1S/C24H26N6O4S/c1-33-22-5-3-18-23(29-22)14(6-7-27-18)8-15(25)10-26-11-17-12-30(24(32)34-17)16-2-4-20-19(9-16)28-21(31)13-35-20/h2-7,9,15,17,26H,8,10-13,25H2,1H3,(H,28,31)/t15?,17-/m1/s1. The van der Waals surface area contributed by atoms with Gasteiger partial charge >= 0.3 is 6.09 Å². The number of carbonyl (C=O) groups is 2. The molecule has 2 atom stereocenters. The van der Waals surface area contributed by atoms with Crippen LogP contribution in [0.15, 0.2) is 47.5 Å². The number of fused-ring (bicyclic) bond motifs is 2. The van der Waals surface area contributed by atoms with Crippen LogP contribution in [-0.2, 0) is 16.0 Å². The summed E-state index contributed by atoms with van der Waals surface area (Å²) in [6.45, 7) is 1.44. The van der Waals surface area contributed by atoms with E-state index in [2.05, 4.69) is 20.6 Å². The smallest absolute Gasteiger partial charge is 0.414 e. The van der Waals surface area contributed by atoms with Crippen molar-refractivity contribution in [3.63, 3.8) is 0 Å². The topological polar surface area (TPSA) is 132 Å². The summed E-state index contributed by atoms with van der Waals surface area (Å²) in [6.07, 6.45) is 1.66. The number of benzene rings is 1.